The third-order valence-corrected chi connectivity index (χ3v) is 4.52. The van der Waals surface area contributed by atoms with E-state index in [2.05, 4.69) is 4.90 Å². The van der Waals surface area contributed by atoms with E-state index < -0.39 is 0 Å². The summed E-state index contributed by atoms with van der Waals surface area (Å²) >= 11 is 0. The molecule has 0 spiro atoms. The summed E-state index contributed by atoms with van der Waals surface area (Å²) < 4.78 is 11.6. The Morgan fingerprint density at radius 1 is 1.04 bits per heavy atom. The molecule has 4 rings (SSSR count). The van der Waals surface area contributed by atoms with Gasteiger partial charge in [0.1, 0.15) is 19.2 Å². The van der Waals surface area contributed by atoms with Gasteiger partial charge in [-0.15, -0.1) is 0 Å². The lowest BCUT2D eigenvalue weighted by atomic mass is 9.93. The lowest BCUT2D eigenvalue weighted by molar-refractivity contribution is 0.0315. The molecule has 5 heteroatoms. The van der Waals surface area contributed by atoms with Crippen LogP contribution in [-0.4, -0.2) is 39.0 Å². The Morgan fingerprint density at radius 2 is 1.80 bits per heavy atom. The summed E-state index contributed by atoms with van der Waals surface area (Å²) in [5.41, 5.74) is 2.57. The fraction of sp³-hybridized carbons (Fsp3) is 0.250. The zero-order valence-electron chi connectivity index (χ0n) is 13.9. The van der Waals surface area contributed by atoms with Crippen LogP contribution in [0.25, 0.3) is 22.1 Å². The predicted octanol–water partition coefficient (Wildman–Crippen LogP) is 2.09. The molecular formula is C20H18BNO3. The first kappa shape index (κ1) is 16.1. The zero-order chi connectivity index (χ0) is 17.2. The van der Waals surface area contributed by atoms with Gasteiger partial charge in [0.25, 0.3) is 0 Å². The van der Waals surface area contributed by atoms with Crippen LogP contribution in [0.3, 0.4) is 0 Å². The Balaban J connectivity index is 1.89. The van der Waals surface area contributed by atoms with E-state index in [0.29, 0.717) is 47.5 Å². The molecule has 1 fully saturated rings. The van der Waals surface area contributed by atoms with Gasteiger partial charge in [0.2, 0.25) is 5.43 Å². The van der Waals surface area contributed by atoms with Gasteiger partial charge in [-0.2, -0.15) is 0 Å². The number of fused-ring (bicyclic) bond motifs is 1. The molecule has 3 aromatic rings. The van der Waals surface area contributed by atoms with Crippen molar-refractivity contribution >= 4 is 24.3 Å². The maximum Gasteiger partial charge on any atom is 0.200 e. The molecule has 0 atom stereocenters. The largest absolute Gasteiger partial charge is 0.459 e. The second kappa shape index (κ2) is 6.86. The Bertz CT molecular complexity index is 946. The topological polar surface area (TPSA) is 42.7 Å². The molecule has 0 saturated carbocycles. The lowest BCUT2D eigenvalue weighted by Gasteiger charge is -2.26. The molecule has 0 unspecified atom stereocenters. The van der Waals surface area contributed by atoms with Crippen LogP contribution in [0.4, 0.5) is 0 Å². The molecule has 1 saturated heterocycles. The van der Waals surface area contributed by atoms with Gasteiger partial charge in [-0.25, -0.2) is 0 Å². The van der Waals surface area contributed by atoms with E-state index >= 15 is 0 Å². The minimum absolute atomic E-state index is 0.0389. The highest BCUT2D eigenvalue weighted by Crippen LogP contribution is 2.25. The summed E-state index contributed by atoms with van der Waals surface area (Å²) in [5, 5.41) is 0.518. The van der Waals surface area contributed by atoms with E-state index in [1.807, 2.05) is 30.3 Å². The highest BCUT2D eigenvalue weighted by atomic mass is 16.5. The van der Waals surface area contributed by atoms with E-state index in [0.717, 1.165) is 18.7 Å². The van der Waals surface area contributed by atoms with Gasteiger partial charge >= 0.3 is 0 Å². The molecule has 2 heterocycles. The summed E-state index contributed by atoms with van der Waals surface area (Å²) in [6, 6.07) is 14.9. The number of rotatable bonds is 3. The normalized spacial score (nSPS) is 15.5. The van der Waals surface area contributed by atoms with Crippen LogP contribution >= 0.6 is 0 Å². The highest BCUT2D eigenvalue weighted by Gasteiger charge is 2.20. The predicted molar refractivity (Wildman–Crippen MR) is 99.4 cm³/mol. The average molecular weight is 331 g/mol. The Hall–Kier alpha value is -2.37. The molecule has 0 bridgehead atoms. The maximum absolute atomic E-state index is 13.2. The highest BCUT2D eigenvalue weighted by molar-refractivity contribution is 6.33. The van der Waals surface area contributed by atoms with E-state index in [1.54, 1.807) is 18.2 Å². The number of ether oxygens (including phenoxy) is 1. The summed E-state index contributed by atoms with van der Waals surface area (Å²) in [6.45, 7) is 3.66. The molecule has 1 aliphatic rings. The molecule has 0 aliphatic carbocycles. The molecule has 1 aromatic heterocycles. The SMILES string of the molecule is [B]c1ccc2oc(CN3CCOCC3)c(-c3ccccc3)c(=O)c2c1. The fourth-order valence-corrected chi connectivity index (χ4v) is 3.23. The second-order valence-electron chi connectivity index (χ2n) is 6.24. The summed E-state index contributed by atoms with van der Waals surface area (Å²) in [5.74, 6) is 0.690. The quantitative estimate of drug-likeness (QED) is 0.690. The molecular weight excluding hydrogens is 313 g/mol. The molecule has 2 aromatic carbocycles. The number of morpholine rings is 1. The monoisotopic (exact) mass is 331 g/mol. The van der Waals surface area contributed by atoms with Gasteiger partial charge in [-0.1, -0.05) is 47.9 Å². The van der Waals surface area contributed by atoms with E-state index in [-0.39, 0.29) is 5.43 Å². The summed E-state index contributed by atoms with van der Waals surface area (Å²) in [7, 11) is 5.87. The van der Waals surface area contributed by atoms with E-state index in [4.69, 9.17) is 17.0 Å². The third kappa shape index (κ3) is 3.25. The lowest BCUT2D eigenvalue weighted by Crippen LogP contribution is -2.36. The van der Waals surface area contributed by atoms with Crippen molar-refractivity contribution in [3.63, 3.8) is 0 Å². The average Bonchev–Trinajstić information content (AvgIpc) is 2.64. The van der Waals surface area contributed by atoms with E-state index in [9.17, 15) is 4.79 Å². The van der Waals surface area contributed by atoms with Crippen molar-refractivity contribution in [2.24, 2.45) is 0 Å². The first-order valence-electron chi connectivity index (χ1n) is 8.43. The van der Waals surface area contributed by atoms with Crippen LogP contribution in [0.15, 0.2) is 57.7 Å². The van der Waals surface area contributed by atoms with Crippen molar-refractivity contribution in [1.29, 1.82) is 0 Å². The Morgan fingerprint density at radius 3 is 2.56 bits per heavy atom. The number of hydrogen-bond donors (Lipinski definition) is 0. The van der Waals surface area contributed by atoms with Gasteiger partial charge in [0.05, 0.1) is 30.7 Å². The third-order valence-electron chi connectivity index (χ3n) is 4.52. The van der Waals surface area contributed by atoms with Gasteiger partial charge in [-0.05, 0) is 11.6 Å². The van der Waals surface area contributed by atoms with Gasteiger partial charge in [-0.3, -0.25) is 9.69 Å². The molecule has 0 N–H and O–H groups in total. The van der Waals surface area contributed by atoms with Crippen LogP contribution in [0.1, 0.15) is 5.76 Å². The van der Waals surface area contributed by atoms with Crippen molar-refractivity contribution in [2.75, 3.05) is 26.3 Å². The van der Waals surface area contributed by atoms with Crippen LogP contribution in [0.5, 0.6) is 0 Å². The van der Waals surface area contributed by atoms with Crippen molar-refractivity contribution in [3.05, 3.63) is 64.5 Å². The van der Waals surface area contributed by atoms with Crippen LogP contribution in [0, 0.1) is 0 Å². The first-order valence-corrected chi connectivity index (χ1v) is 8.43. The molecule has 0 amide bonds. The smallest absolute Gasteiger partial charge is 0.200 e. The minimum atomic E-state index is -0.0389. The van der Waals surface area contributed by atoms with Crippen molar-refractivity contribution in [1.82, 2.24) is 4.90 Å². The van der Waals surface area contributed by atoms with Crippen LogP contribution in [0.2, 0.25) is 0 Å². The van der Waals surface area contributed by atoms with Gasteiger partial charge in [0.15, 0.2) is 0 Å². The van der Waals surface area contributed by atoms with Gasteiger partial charge < -0.3 is 9.15 Å². The summed E-state index contributed by atoms with van der Waals surface area (Å²) in [4.78, 5) is 15.4. The van der Waals surface area contributed by atoms with Gasteiger partial charge in [0, 0.05) is 13.1 Å². The number of benzene rings is 2. The van der Waals surface area contributed by atoms with Crippen molar-refractivity contribution in [2.45, 2.75) is 6.54 Å². The second-order valence-corrected chi connectivity index (χ2v) is 6.24. The maximum atomic E-state index is 13.2. The van der Waals surface area contributed by atoms with E-state index in [1.165, 1.54) is 0 Å². The Kier molecular flexibility index (Phi) is 4.43. The first-order chi connectivity index (χ1) is 12.2. The number of nitrogens with zero attached hydrogens (tertiary/aromatic N) is 1. The minimum Gasteiger partial charge on any atom is -0.459 e. The van der Waals surface area contributed by atoms with Crippen molar-refractivity contribution in [3.8, 4) is 11.1 Å². The number of hydrogen-bond acceptors (Lipinski definition) is 4. The summed E-state index contributed by atoms with van der Waals surface area (Å²) in [6.07, 6.45) is 0. The van der Waals surface area contributed by atoms with Crippen LogP contribution in [-0.2, 0) is 11.3 Å². The molecule has 25 heavy (non-hydrogen) atoms. The standard InChI is InChI=1S/C20H18BNO3/c21-15-6-7-17-16(12-15)20(23)19(14-4-2-1-3-5-14)18(25-17)13-22-8-10-24-11-9-22/h1-7,12H,8-11,13H2. The molecule has 124 valence electrons. The van der Waals surface area contributed by atoms with Crippen molar-refractivity contribution < 1.29 is 9.15 Å². The molecule has 1 aliphatic heterocycles. The fourth-order valence-electron chi connectivity index (χ4n) is 3.23. The van der Waals surface area contributed by atoms with Crippen LogP contribution < -0.4 is 10.9 Å². The molecule has 4 nitrogen and oxygen atoms in total. The zero-order valence-corrected chi connectivity index (χ0v) is 13.9. The molecule has 2 radical (unpaired) electrons. The Labute approximate surface area is 147 Å².